The smallest absolute Gasteiger partial charge is 0.345 e. The van der Waals surface area contributed by atoms with Crippen molar-refractivity contribution < 1.29 is 17.5 Å². The molecule has 130 valence electrons. The quantitative estimate of drug-likeness (QED) is 0.771. The molecule has 10 heteroatoms. The van der Waals surface area contributed by atoms with Gasteiger partial charge in [-0.3, -0.25) is 4.57 Å². The summed E-state index contributed by atoms with van der Waals surface area (Å²) in [5.41, 5.74) is -0.285. The van der Waals surface area contributed by atoms with Crippen LogP contribution < -0.4 is 10.4 Å². The SMILES string of the molecule is COc1ccc(F)cc1S(=O)(=O)N1CCc2nn(C)c(=O)n2CC1. The van der Waals surface area contributed by atoms with Gasteiger partial charge in [0, 0.05) is 33.1 Å². The van der Waals surface area contributed by atoms with E-state index in [9.17, 15) is 17.6 Å². The third kappa shape index (κ3) is 2.71. The van der Waals surface area contributed by atoms with E-state index in [1.807, 2.05) is 0 Å². The number of ether oxygens (including phenoxy) is 1. The summed E-state index contributed by atoms with van der Waals surface area (Å²) in [4.78, 5) is 11.7. The predicted molar refractivity (Wildman–Crippen MR) is 82.9 cm³/mol. The molecule has 0 amide bonds. The molecule has 3 rings (SSSR count). The zero-order chi connectivity index (χ0) is 17.5. The van der Waals surface area contributed by atoms with Gasteiger partial charge in [-0.1, -0.05) is 0 Å². The van der Waals surface area contributed by atoms with E-state index in [0.717, 1.165) is 12.1 Å². The van der Waals surface area contributed by atoms with Crippen LogP contribution in [-0.2, 0) is 30.0 Å². The normalized spacial score (nSPS) is 15.8. The first-order chi connectivity index (χ1) is 11.3. The molecule has 1 aromatic heterocycles. The lowest BCUT2D eigenvalue weighted by Crippen LogP contribution is -2.35. The van der Waals surface area contributed by atoms with Crippen molar-refractivity contribution in [2.75, 3.05) is 20.2 Å². The number of sulfonamides is 1. The summed E-state index contributed by atoms with van der Waals surface area (Å²) < 4.78 is 48.2. The zero-order valence-electron chi connectivity index (χ0n) is 13.3. The molecular formula is C14H17FN4O4S. The molecule has 1 aromatic carbocycles. The monoisotopic (exact) mass is 356 g/mol. The van der Waals surface area contributed by atoms with Gasteiger partial charge < -0.3 is 4.74 Å². The zero-order valence-corrected chi connectivity index (χ0v) is 14.1. The van der Waals surface area contributed by atoms with Crippen molar-refractivity contribution in [2.24, 2.45) is 7.05 Å². The van der Waals surface area contributed by atoms with Gasteiger partial charge in [-0.25, -0.2) is 22.3 Å². The molecule has 0 fully saturated rings. The van der Waals surface area contributed by atoms with Crippen molar-refractivity contribution in [3.05, 3.63) is 40.3 Å². The minimum Gasteiger partial charge on any atom is -0.495 e. The topological polar surface area (TPSA) is 86.4 Å². The van der Waals surface area contributed by atoms with Gasteiger partial charge in [-0.05, 0) is 18.2 Å². The van der Waals surface area contributed by atoms with Gasteiger partial charge in [0.15, 0.2) is 0 Å². The number of methoxy groups -OCH3 is 1. The Bertz CT molecular complexity index is 935. The summed E-state index contributed by atoms with van der Waals surface area (Å²) >= 11 is 0. The first-order valence-electron chi connectivity index (χ1n) is 7.31. The highest BCUT2D eigenvalue weighted by molar-refractivity contribution is 7.89. The highest BCUT2D eigenvalue weighted by Gasteiger charge is 2.30. The summed E-state index contributed by atoms with van der Waals surface area (Å²) in [5, 5.41) is 4.11. The molecule has 8 nitrogen and oxygen atoms in total. The molecule has 1 aliphatic heterocycles. The number of hydrogen-bond acceptors (Lipinski definition) is 5. The van der Waals surface area contributed by atoms with Crippen LogP contribution in [0, 0.1) is 5.82 Å². The van der Waals surface area contributed by atoms with Crippen LogP contribution in [0.2, 0.25) is 0 Å². The number of rotatable bonds is 3. The molecule has 0 bridgehead atoms. The van der Waals surface area contributed by atoms with Crippen LogP contribution in [0.15, 0.2) is 27.9 Å². The van der Waals surface area contributed by atoms with Crippen LogP contribution >= 0.6 is 0 Å². The number of aromatic nitrogens is 3. The number of nitrogens with zero attached hydrogens (tertiary/aromatic N) is 4. The minimum absolute atomic E-state index is 0.0781. The summed E-state index contributed by atoms with van der Waals surface area (Å²) in [5.74, 6) is -0.0494. The lowest BCUT2D eigenvalue weighted by atomic mass is 10.3. The molecule has 0 unspecified atom stereocenters. The van der Waals surface area contributed by atoms with E-state index in [-0.39, 0.29) is 36.0 Å². The molecule has 1 aliphatic rings. The van der Waals surface area contributed by atoms with Crippen molar-refractivity contribution in [3.8, 4) is 5.75 Å². The van der Waals surface area contributed by atoms with E-state index in [2.05, 4.69) is 5.10 Å². The van der Waals surface area contributed by atoms with Gasteiger partial charge in [0.05, 0.1) is 7.11 Å². The fourth-order valence-corrected chi connectivity index (χ4v) is 4.34. The molecule has 0 spiro atoms. The largest absolute Gasteiger partial charge is 0.495 e. The van der Waals surface area contributed by atoms with E-state index in [1.165, 1.54) is 26.7 Å². The maximum Gasteiger partial charge on any atom is 0.345 e. The van der Waals surface area contributed by atoms with Crippen LogP contribution in [0.3, 0.4) is 0 Å². The van der Waals surface area contributed by atoms with Crippen LogP contribution in [0.5, 0.6) is 5.75 Å². The van der Waals surface area contributed by atoms with E-state index < -0.39 is 15.8 Å². The Labute approximate surface area is 138 Å². The third-order valence-corrected chi connectivity index (χ3v) is 5.91. The van der Waals surface area contributed by atoms with E-state index in [0.29, 0.717) is 12.2 Å². The van der Waals surface area contributed by atoms with Gasteiger partial charge >= 0.3 is 5.69 Å². The molecule has 0 saturated carbocycles. The van der Waals surface area contributed by atoms with E-state index in [1.54, 1.807) is 7.05 Å². The summed E-state index contributed by atoms with van der Waals surface area (Å²) in [6, 6.07) is 3.36. The maximum atomic E-state index is 13.5. The molecule has 2 aromatic rings. The molecule has 0 atom stereocenters. The maximum absolute atomic E-state index is 13.5. The second-order valence-corrected chi connectivity index (χ2v) is 7.33. The highest BCUT2D eigenvalue weighted by atomic mass is 32.2. The number of hydrogen-bond donors (Lipinski definition) is 0. The Morgan fingerprint density at radius 3 is 2.71 bits per heavy atom. The van der Waals surface area contributed by atoms with E-state index in [4.69, 9.17) is 4.74 Å². The number of halogens is 1. The number of aryl methyl sites for hydroxylation is 1. The Morgan fingerprint density at radius 1 is 1.25 bits per heavy atom. The van der Waals surface area contributed by atoms with Gasteiger partial charge in [-0.2, -0.15) is 9.40 Å². The fraction of sp³-hybridized carbons (Fsp3) is 0.429. The van der Waals surface area contributed by atoms with Crippen molar-refractivity contribution in [2.45, 2.75) is 17.9 Å². The molecule has 0 N–H and O–H groups in total. The third-order valence-electron chi connectivity index (χ3n) is 3.99. The summed E-state index contributed by atoms with van der Waals surface area (Å²) in [7, 11) is -1.07. The van der Waals surface area contributed by atoms with Crippen LogP contribution in [0.4, 0.5) is 4.39 Å². The van der Waals surface area contributed by atoms with Crippen molar-refractivity contribution in [1.82, 2.24) is 18.7 Å². The summed E-state index contributed by atoms with van der Waals surface area (Å²) in [6.45, 7) is 0.442. The first kappa shape index (κ1) is 16.7. The van der Waals surface area contributed by atoms with Crippen LogP contribution in [0.25, 0.3) is 0 Å². The second-order valence-electron chi connectivity index (χ2n) is 5.42. The Morgan fingerprint density at radius 2 is 2.00 bits per heavy atom. The van der Waals surface area contributed by atoms with Gasteiger partial charge in [0.1, 0.15) is 22.3 Å². The second kappa shape index (κ2) is 6.02. The molecular weight excluding hydrogens is 339 g/mol. The highest BCUT2D eigenvalue weighted by Crippen LogP contribution is 2.28. The molecule has 0 aliphatic carbocycles. The molecule has 0 saturated heterocycles. The number of fused-ring (bicyclic) bond motifs is 1. The lowest BCUT2D eigenvalue weighted by molar-refractivity contribution is 0.386. The van der Waals surface area contributed by atoms with Crippen molar-refractivity contribution in [1.29, 1.82) is 0 Å². The van der Waals surface area contributed by atoms with Gasteiger partial charge in [0.25, 0.3) is 0 Å². The Hall–Kier alpha value is -2.20. The standard InChI is InChI=1S/C14H17FN4O4S/c1-17-14(20)19-8-7-18(6-5-13(19)16-17)24(21,22)12-9-10(15)3-4-11(12)23-2/h3-4,9H,5-8H2,1-2H3. The molecule has 0 radical (unpaired) electrons. The molecule has 2 heterocycles. The Kier molecular flexibility index (Phi) is 4.18. The fourth-order valence-electron chi connectivity index (χ4n) is 2.74. The van der Waals surface area contributed by atoms with Crippen molar-refractivity contribution in [3.63, 3.8) is 0 Å². The minimum atomic E-state index is -3.95. The Balaban J connectivity index is 1.95. The van der Waals surface area contributed by atoms with Gasteiger partial charge in [-0.15, -0.1) is 0 Å². The molecule has 24 heavy (non-hydrogen) atoms. The van der Waals surface area contributed by atoms with Crippen LogP contribution in [-0.4, -0.2) is 47.3 Å². The average molecular weight is 356 g/mol. The van der Waals surface area contributed by atoms with E-state index >= 15 is 0 Å². The predicted octanol–water partition coefficient (Wildman–Crippen LogP) is -0.0235. The van der Waals surface area contributed by atoms with Crippen LogP contribution in [0.1, 0.15) is 5.82 Å². The summed E-state index contributed by atoms with van der Waals surface area (Å²) in [6.07, 6.45) is 0.299. The van der Waals surface area contributed by atoms with Gasteiger partial charge in [0.2, 0.25) is 10.0 Å². The lowest BCUT2D eigenvalue weighted by Gasteiger charge is -2.21. The average Bonchev–Trinajstić information content (AvgIpc) is 2.72. The number of benzene rings is 1. The first-order valence-corrected chi connectivity index (χ1v) is 8.75. The van der Waals surface area contributed by atoms with Crippen molar-refractivity contribution >= 4 is 10.0 Å².